The molecule has 0 fully saturated rings. The fourth-order valence-electron chi connectivity index (χ4n) is 1.72. The second-order valence-corrected chi connectivity index (χ2v) is 4.50. The molecule has 0 saturated carbocycles. The van der Waals surface area contributed by atoms with Gasteiger partial charge < -0.3 is 4.40 Å². The zero-order valence-electron chi connectivity index (χ0n) is 9.90. The lowest BCUT2D eigenvalue weighted by molar-refractivity contribution is -0.116. The van der Waals surface area contributed by atoms with Gasteiger partial charge in [0.1, 0.15) is 11.4 Å². The topological polar surface area (TPSA) is 34.4 Å². The van der Waals surface area contributed by atoms with E-state index in [0.29, 0.717) is 12.3 Å². The third-order valence-corrected chi connectivity index (χ3v) is 2.59. The molecule has 2 rings (SSSR count). The molecule has 2 aromatic heterocycles. The van der Waals surface area contributed by atoms with Crippen molar-refractivity contribution in [2.45, 2.75) is 33.1 Å². The molecule has 0 spiro atoms. The Kier molecular flexibility index (Phi) is 2.77. The normalized spacial score (nSPS) is 11.2. The number of hydrogen-bond acceptors (Lipinski definition) is 2. The van der Waals surface area contributed by atoms with E-state index in [4.69, 9.17) is 0 Å². The summed E-state index contributed by atoms with van der Waals surface area (Å²) < 4.78 is 2.00. The Morgan fingerprint density at radius 3 is 2.88 bits per heavy atom. The number of carbonyl (C=O) groups is 1. The van der Waals surface area contributed by atoms with E-state index in [1.54, 1.807) is 6.92 Å². The average Bonchev–Trinajstić information content (AvgIpc) is 2.59. The van der Waals surface area contributed by atoms with Crippen LogP contribution in [0.15, 0.2) is 24.5 Å². The summed E-state index contributed by atoms with van der Waals surface area (Å²) in [6.45, 7) is 5.85. The minimum Gasteiger partial charge on any atom is -0.307 e. The maximum absolute atomic E-state index is 11.0. The lowest BCUT2D eigenvalue weighted by atomic mass is 10.1. The second kappa shape index (κ2) is 4.08. The summed E-state index contributed by atoms with van der Waals surface area (Å²) in [5, 5.41) is 0. The van der Waals surface area contributed by atoms with Gasteiger partial charge in [0, 0.05) is 18.8 Å². The van der Waals surface area contributed by atoms with E-state index in [0.717, 1.165) is 16.9 Å². The standard InChI is InChI=1S/C13H16N2O/c1-9(2)12-8-15-5-4-11(6-10(3)16)7-13(15)14-12/h4-5,7-9H,6H2,1-3H3. The molecule has 3 heteroatoms. The highest BCUT2D eigenvalue weighted by Gasteiger charge is 2.06. The molecule has 0 unspecified atom stereocenters. The summed E-state index contributed by atoms with van der Waals surface area (Å²) in [6.07, 6.45) is 4.49. The average molecular weight is 216 g/mol. The van der Waals surface area contributed by atoms with Gasteiger partial charge in [0.25, 0.3) is 0 Å². The first-order chi connectivity index (χ1) is 7.56. The fraction of sp³-hybridized carbons (Fsp3) is 0.385. The van der Waals surface area contributed by atoms with E-state index in [2.05, 4.69) is 18.8 Å². The van der Waals surface area contributed by atoms with Gasteiger partial charge in [0.2, 0.25) is 0 Å². The van der Waals surface area contributed by atoms with Crippen LogP contribution >= 0.6 is 0 Å². The Bertz CT molecular complexity index is 526. The summed E-state index contributed by atoms with van der Waals surface area (Å²) in [5.41, 5.74) is 3.03. The van der Waals surface area contributed by atoms with Crippen LogP contribution in [0.3, 0.4) is 0 Å². The van der Waals surface area contributed by atoms with Gasteiger partial charge in [-0.3, -0.25) is 4.79 Å². The van der Waals surface area contributed by atoms with Gasteiger partial charge in [-0.25, -0.2) is 4.98 Å². The van der Waals surface area contributed by atoms with Gasteiger partial charge in [0.05, 0.1) is 5.69 Å². The van der Waals surface area contributed by atoms with E-state index >= 15 is 0 Å². The predicted octanol–water partition coefficient (Wildman–Crippen LogP) is 2.59. The first kappa shape index (κ1) is 10.9. The monoisotopic (exact) mass is 216 g/mol. The number of pyridine rings is 1. The van der Waals surface area contributed by atoms with Gasteiger partial charge in [-0.05, 0) is 30.5 Å². The van der Waals surface area contributed by atoms with Crippen LogP contribution in [0.5, 0.6) is 0 Å². The number of imidazole rings is 1. The molecule has 84 valence electrons. The number of aromatic nitrogens is 2. The molecule has 2 aromatic rings. The Balaban J connectivity index is 2.41. The van der Waals surface area contributed by atoms with Crippen LogP contribution in [0, 0.1) is 0 Å². The van der Waals surface area contributed by atoms with Crippen molar-refractivity contribution >= 4 is 11.4 Å². The maximum atomic E-state index is 11.0. The Morgan fingerprint density at radius 1 is 1.50 bits per heavy atom. The number of ketones is 1. The van der Waals surface area contributed by atoms with Gasteiger partial charge in [0.15, 0.2) is 0 Å². The lowest BCUT2D eigenvalue weighted by Gasteiger charge is -1.98. The molecule has 0 aliphatic carbocycles. The fourth-order valence-corrected chi connectivity index (χ4v) is 1.72. The third-order valence-electron chi connectivity index (χ3n) is 2.59. The van der Waals surface area contributed by atoms with Crippen LogP contribution in [0.4, 0.5) is 0 Å². The van der Waals surface area contributed by atoms with E-state index in [-0.39, 0.29) is 5.78 Å². The highest BCUT2D eigenvalue weighted by molar-refractivity contribution is 5.78. The smallest absolute Gasteiger partial charge is 0.137 e. The quantitative estimate of drug-likeness (QED) is 0.790. The summed E-state index contributed by atoms with van der Waals surface area (Å²) in [4.78, 5) is 15.6. The largest absolute Gasteiger partial charge is 0.307 e. The van der Waals surface area contributed by atoms with Gasteiger partial charge in [-0.1, -0.05) is 13.8 Å². The van der Waals surface area contributed by atoms with Crippen molar-refractivity contribution in [1.82, 2.24) is 9.38 Å². The Hall–Kier alpha value is -1.64. The Labute approximate surface area is 95.1 Å². The molecule has 0 bridgehead atoms. The molecule has 0 radical (unpaired) electrons. The number of hydrogen-bond donors (Lipinski definition) is 0. The summed E-state index contributed by atoms with van der Waals surface area (Å²) in [7, 11) is 0. The first-order valence-corrected chi connectivity index (χ1v) is 5.53. The zero-order valence-corrected chi connectivity index (χ0v) is 9.90. The van der Waals surface area contributed by atoms with E-state index in [1.165, 1.54) is 0 Å². The molecule has 3 nitrogen and oxygen atoms in total. The highest BCUT2D eigenvalue weighted by atomic mass is 16.1. The van der Waals surface area contributed by atoms with Crippen molar-refractivity contribution in [3.05, 3.63) is 35.8 Å². The van der Waals surface area contributed by atoms with Crippen molar-refractivity contribution in [2.75, 3.05) is 0 Å². The van der Waals surface area contributed by atoms with Crippen LogP contribution < -0.4 is 0 Å². The molecule has 0 aliphatic heterocycles. The molecule has 0 aliphatic rings. The maximum Gasteiger partial charge on any atom is 0.137 e. The highest BCUT2D eigenvalue weighted by Crippen LogP contribution is 2.15. The van der Waals surface area contributed by atoms with Crippen molar-refractivity contribution in [3.63, 3.8) is 0 Å². The number of fused-ring (bicyclic) bond motifs is 1. The van der Waals surface area contributed by atoms with Gasteiger partial charge >= 0.3 is 0 Å². The van der Waals surface area contributed by atoms with E-state index < -0.39 is 0 Å². The molecule has 0 saturated heterocycles. The van der Waals surface area contributed by atoms with Gasteiger partial charge in [-0.15, -0.1) is 0 Å². The molecule has 0 amide bonds. The molecule has 0 N–H and O–H groups in total. The number of Topliss-reactive ketones (excluding diaryl/α,β-unsaturated/α-hetero) is 1. The summed E-state index contributed by atoms with van der Waals surface area (Å²) in [6, 6.07) is 3.95. The Morgan fingerprint density at radius 2 is 2.25 bits per heavy atom. The summed E-state index contributed by atoms with van der Waals surface area (Å²) in [5.74, 6) is 0.608. The van der Waals surface area contributed by atoms with Crippen molar-refractivity contribution < 1.29 is 4.79 Å². The van der Waals surface area contributed by atoms with Crippen molar-refractivity contribution in [1.29, 1.82) is 0 Å². The second-order valence-electron chi connectivity index (χ2n) is 4.50. The van der Waals surface area contributed by atoms with E-state index in [9.17, 15) is 4.79 Å². The molecule has 0 aromatic carbocycles. The van der Waals surface area contributed by atoms with Crippen LogP contribution in [-0.2, 0) is 11.2 Å². The van der Waals surface area contributed by atoms with Crippen molar-refractivity contribution in [2.24, 2.45) is 0 Å². The molecule has 0 atom stereocenters. The van der Waals surface area contributed by atoms with Crippen LogP contribution in [0.1, 0.15) is 37.9 Å². The van der Waals surface area contributed by atoms with Crippen molar-refractivity contribution in [3.8, 4) is 0 Å². The van der Waals surface area contributed by atoms with Crippen LogP contribution in [0.2, 0.25) is 0 Å². The predicted molar refractivity (Wildman–Crippen MR) is 63.7 cm³/mol. The van der Waals surface area contributed by atoms with Crippen LogP contribution in [-0.4, -0.2) is 15.2 Å². The molecule has 16 heavy (non-hydrogen) atoms. The number of rotatable bonds is 3. The zero-order chi connectivity index (χ0) is 11.7. The van der Waals surface area contributed by atoms with Crippen LogP contribution in [0.25, 0.3) is 5.65 Å². The molecular formula is C13H16N2O. The minimum atomic E-state index is 0.181. The lowest BCUT2D eigenvalue weighted by Crippen LogP contribution is -1.97. The molecule has 2 heterocycles. The molecular weight excluding hydrogens is 200 g/mol. The SMILES string of the molecule is CC(=O)Cc1ccn2cc(C(C)C)nc2c1. The number of nitrogens with zero attached hydrogens (tertiary/aromatic N) is 2. The number of carbonyl (C=O) groups excluding carboxylic acids is 1. The van der Waals surface area contributed by atoms with Gasteiger partial charge in [-0.2, -0.15) is 0 Å². The third kappa shape index (κ3) is 2.13. The summed E-state index contributed by atoms with van der Waals surface area (Å²) >= 11 is 0. The van der Waals surface area contributed by atoms with E-state index in [1.807, 2.05) is 28.9 Å². The first-order valence-electron chi connectivity index (χ1n) is 5.53. The minimum absolute atomic E-state index is 0.181.